The topological polar surface area (TPSA) is 45.4 Å². The fraction of sp³-hybridized carbons (Fsp3) is 0.500. The van der Waals surface area contributed by atoms with Gasteiger partial charge in [0, 0.05) is 38.3 Å². The molecule has 0 radical (unpaired) electrons. The zero-order valence-electron chi connectivity index (χ0n) is 12.7. The summed E-state index contributed by atoms with van der Waals surface area (Å²) in [5.41, 5.74) is 2.63. The third-order valence-corrected chi connectivity index (χ3v) is 3.92. The molecule has 112 valence electrons. The molecule has 1 saturated heterocycles. The number of hydrogen-bond acceptors (Lipinski definition) is 5. The van der Waals surface area contributed by atoms with E-state index in [0.29, 0.717) is 0 Å². The second kappa shape index (κ2) is 6.26. The van der Waals surface area contributed by atoms with Crippen molar-refractivity contribution in [2.24, 2.45) is 0 Å². The van der Waals surface area contributed by atoms with Gasteiger partial charge in [0.15, 0.2) is 5.82 Å². The van der Waals surface area contributed by atoms with Crippen LogP contribution in [0.1, 0.15) is 24.2 Å². The Kier molecular flexibility index (Phi) is 4.20. The first-order chi connectivity index (χ1) is 10.2. The van der Waals surface area contributed by atoms with Crippen molar-refractivity contribution in [3.63, 3.8) is 0 Å². The summed E-state index contributed by atoms with van der Waals surface area (Å²) in [5.74, 6) is 1.53. The summed E-state index contributed by atoms with van der Waals surface area (Å²) in [4.78, 5) is 9.19. The van der Waals surface area contributed by atoms with Crippen LogP contribution in [0, 0.1) is 6.92 Å². The van der Waals surface area contributed by atoms with Crippen LogP contribution in [-0.2, 0) is 13.0 Å². The van der Waals surface area contributed by atoms with Gasteiger partial charge in [0.1, 0.15) is 0 Å². The molecule has 5 heteroatoms. The lowest BCUT2D eigenvalue weighted by molar-refractivity contribution is 0.215. The van der Waals surface area contributed by atoms with E-state index in [0.717, 1.165) is 50.9 Å². The Hall–Kier alpha value is -1.88. The molecule has 0 spiro atoms. The van der Waals surface area contributed by atoms with E-state index in [2.05, 4.69) is 51.1 Å². The van der Waals surface area contributed by atoms with Crippen LogP contribution in [0.15, 0.2) is 28.8 Å². The molecule has 0 amide bonds. The lowest BCUT2D eigenvalue weighted by Gasteiger charge is -2.35. The number of aryl methyl sites for hydroxylation is 2. The number of rotatable bonds is 4. The molecule has 0 bridgehead atoms. The molecule has 1 aromatic heterocycles. The number of aromatic nitrogens is 2. The van der Waals surface area contributed by atoms with E-state index >= 15 is 0 Å². The van der Waals surface area contributed by atoms with Crippen LogP contribution in [0.2, 0.25) is 0 Å². The van der Waals surface area contributed by atoms with Crippen LogP contribution in [0.5, 0.6) is 0 Å². The van der Waals surface area contributed by atoms with Gasteiger partial charge in [-0.05, 0) is 24.6 Å². The lowest BCUT2D eigenvalue weighted by atomic mass is 10.2. The quantitative estimate of drug-likeness (QED) is 0.862. The van der Waals surface area contributed by atoms with Crippen LogP contribution in [-0.4, -0.2) is 41.2 Å². The summed E-state index contributed by atoms with van der Waals surface area (Å²) in [7, 11) is 0. The molecule has 0 unspecified atom stereocenters. The zero-order valence-corrected chi connectivity index (χ0v) is 12.7. The number of anilines is 1. The van der Waals surface area contributed by atoms with E-state index in [-0.39, 0.29) is 0 Å². The molecule has 0 N–H and O–H groups in total. The van der Waals surface area contributed by atoms with Crippen molar-refractivity contribution >= 4 is 5.69 Å². The number of piperazine rings is 1. The summed E-state index contributed by atoms with van der Waals surface area (Å²) < 4.78 is 5.27. The standard InChI is InChI=1S/C16H22N4O/c1-3-15-17-16(21-18-15)12-19-7-9-20(10-8-19)14-6-4-5-13(2)11-14/h4-6,11H,3,7-10,12H2,1-2H3. The van der Waals surface area contributed by atoms with Gasteiger partial charge in [-0.25, -0.2) is 0 Å². The highest BCUT2D eigenvalue weighted by Gasteiger charge is 2.19. The Balaban J connectivity index is 1.55. The highest BCUT2D eigenvalue weighted by atomic mass is 16.5. The van der Waals surface area contributed by atoms with Gasteiger partial charge in [-0.3, -0.25) is 4.90 Å². The van der Waals surface area contributed by atoms with Crippen LogP contribution >= 0.6 is 0 Å². The van der Waals surface area contributed by atoms with Crippen molar-refractivity contribution in [1.29, 1.82) is 0 Å². The first-order valence-electron chi connectivity index (χ1n) is 7.60. The second-order valence-corrected chi connectivity index (χ2v) is 5.56. The molecule has 5 nitrogen and oxygen atoms in total. The largest absolute Gasteiger partial charge is 0.369 e. The number of benzene rings is 1. The van der Waals surface area contributed by atoms with Gasteiger partial charge in [-0.1, -0.05) is 24.2 Å². The van der Waals surface area contributed by atoms with Crippen LogP contribution in [0.25, 0.3) is 0 Å². The second-order valence-electron chi connectivity index (χ2n) is 5.56. The summed E-state index contributed by atoms with van der Waals surface area (Å²) >= 11 is 0. The Bertz CT molecular complexity index is 587. The Morgan fingerprint density at radius 3 is 2.67 bits per heavy atom. The van der Waals surface area contributed by atoms with E-state index in [1.807, 2.05) is 6.92 Å². The van der Waals surface area contributed by atoms with Crippen LogP contribution in [0.3, 0.4) is 0 Å². The van der Waals surface area contributed by atoms with Crippen molar-refractivity contribution < 1.29 is 4.52 Å². The smallest absolute Gasteiger partial charge is 0.240 e. The third-order valence-electron chi connectivity index (χ3n) is 3.92. The van der Waals surface area contributed by atoms with E-state index in [9.17, 15) is 0 Å². The number of nitrogens with zero attached hydrogens (tertiary/aromatic N) is 4. The molecule has 3 rings (SSSR count). The maximum Gasteiger partial charge on any atom is 0.240 e. The predicted molar refractivity (Wildman–Crippen MR) is 82.3 cm³/mol. The lowest BCUT2D eigenvalue weighted by Crippen LogP contribution is -2.46. The minimum absolute atomic E-state index is 0.732. The van der Waals surface area contributed by atoms with Crippen molar-refractivity contribution in [2.45, 2.75) is 26.8 Å². The Morgan fingerprint density at radius 2 is 2.00 bits per heavy atom. The molecule has 0 saturated carbocycles. The summed E-state index contributed by atoms with van der Waals surface area (Å²) in [6.07, 6.45) is 0.824. The predicted octanol–water partition coefficient (Wildman–Crippen LogP) is 2.26. The molecular formula is C16H22N4O. The molecule has 21 heavy (non-hydrogen) atoms. The van der Waals surface area contributed by atoms with E-state index < -0.39 is 0 Å². The van der Waals surface area contributed by atoms with Crippen molar-refractivity contribution in [3.05, 3.63) is 41.5 Å². The van der Waals surface area contributed by atoms with Crippen LogP contribution in [0.4, 0.5) is 5.69 Å². The zero-order chi connectivity index (χ0) is 14.7. The molecule has 1 aliphatic rings. The Labute approximate surface area is 125 Å². The van der Waals surface area contributed by atoms with Gasteiger partial charge in [0.25, 0.3) is 0 Å². The van der Waals surface area contributed by atoms with Crippen molar-refractivity contribution in [1.82, 2.24) is 15.0 Å². The van der Waals surface area contributed by atoms with Gasteiger partial charge >= 0.3 is 0 Å². The molecule has 0 aliphatic carbocycles. The molecule has 1 aliphatic heterocycles. The van der Waals surface area contributed by atoms with Gasteiger partial charge in [-0.15, -0.1) is 0 Å². The van der Waals surface area contributed by atoms with Crippen molar-refractivity contribution in [2.75, 3.05) is 31.1 Å². The molecular weight excluding hydrogens is 264 g/mol. The highest BCUT2D eigenvalue weighted by molar-refractivity contribution is 5.48. The van der Waals surface area contributed by atoms with Gasteiger partial charge in [0.05, 0.1) is 6.54 Å². The first-order valence-corrected chi connectivity index (χ1v) is 7.60. The fourth-order valence-electron chi connectivity index (χ4n) is 2.68. The monoisotopic (exact) mass is 286 g/mol. The molecule has 1 aromatic carbocycles. The maximum atomic E-state index is 5.27. The normalized spacial score (nSPS) is 16.4. The average molecular weight is 286 g/mol. The maximum absolute atomic E-state index is 5.27. The van der Waals surface area contributed by atoms with Gasteiger partial charge in [0.2, 0.25) is 5.89 Å². The Morgan fingerprint density at radius 1 is 1.19 bits per heavy atom. The number of hydrogen-bond donors (Lipinski definition) is 0. The van der Waals surface area contributed by atoms with Gasteiger partial charge < -0.3 is 9.42 Å². The fourth-order valence-corrected chi connectivity index (χ4v) is 2.68. The third kappa shape index (κ3) is 3.42. The molecule has 1 fully saturated rings. The van der Waals surface area contributed by atoms with E-state index in [1.54, 1.807) is 0 Å². The van der Waals surface area contributed by atoms with Crippen LogP contribution < -0.4 is 4.90 Å². The minimum Gasteiger partial charge on any atom is -0.369 e. The summed E-state index contributed by atoms with van der Waals surface area (Å²) in [5, 5.41) is 3.95. The molecule has 0 atom stereocenters. The van der Waals surface area contributed by atoms with E-state index in [1.165, 1.54) is 11.3 Å². The summed E-state index contributed by atoms with van der Waals surface area (Å²) in [6.45, 7) is 9.07. The average Bonchev–Trinajstić information content (AvgIpc) is 2.96. The highest BCUT2D eigenvalue weighted by Crippen LogP contribution is 2.18. The van der Waals surface area contributed by atoms with Crippen molar-refractivity contribution in [3.8, 4) is 0 Å². The van der Waals surface area contributed by atoms with Gasteiger partial charge in [-0.2, -0.15) is 4.98 Å². The summed E-state index contributed by atoms with van der Waals surface area (Å²) in [6, 6.07) is 8.71. The molecule has 2 heterocycles. The molecule has 2 aromatic rings. The van der Waals surface area contributed by atoms with E-state index in [4.69, 9.17) is 4.52 Å². The SMILES string of the molecule is CCc1noc(CN2CCN(c3cccc(C)c3)CC2)n1. The minimum atomic E-state index is 0.732. The first kappa shape index (κ1) is 14.1.